The standard InChI is InChI=1S/C17H15Cl2NO4/c18-13-6-2-7-14(16(13)19)23-9-3-8-15(21)24-12-5-1-4-11(10-12)17(20)22/h1-2,4-7,10H,3,8-9H2,(H2,20,22). The van der Waals surface area contributed by atoms with E-state index < -0.39 is 11.9 Å². The monoisotopic (exact) mass is 367 g/mol. The lowest BCUT2D eigenvalue weighted by Gasteiger charge is -2.09. The van der Waals surface area contributed by atoms with Gasteiger partial charge in [0, 0.05) is 12.0 Å². The van der Waals surface area contributed by atoms with Crippen LogP contribution in [0, 0.1) is 0 Å². The molecule has 2 aromatic carbocycles. The molecule has 0 aliphatic rings. The zero-order valence-electron chi connectivity index (χ0n) is 12.6. The molecule has 0 spiro atoms. The van der Waals surface area contributed by atoms with Crippen molar-refractivity contribution < 1.29 is 19.1 Å². The molecule has 7 heteroatoms. The first-order valence-electron chi connectivity index (χ1n) is 7.14. The van der Waals surface area contributed by atoms with Gasteiger partial charge in [0.25, 0.3) is 0 Å². The van der Waals surface area contributed by atoms with Crippen molar-refractivity contribution in [3.05, 3.63) is 58.1 Å². The molecule has 0 heterocycles. The van der Waals surface area contributed by atoms with Crippen LogP contribution < -0.4 is 15.2 Å². The average Bonchev–Trinajstić information content (AvgIpc) is 2.55. The Balaban J connectivity index is 1.78. The number of nitrogens with two attached hydrogens (primary N) is 1. The van der Waals surface area contributed by atoms with Gasteiger partial charge in [-0.15, -0.1) is 0 Å². The fourth-order valence-corrected chi connectivity index (χ4v) is 2.24. The van der Waals surface area contributed by atoms with Crippen molar-refractivity contribution in [3.8, 4) is 11.5 Å². The fourth-order valence-electron chi connectivity index (χ4n) is 1.89. The molecule has 2 rings (SSSR count). The molecule has 0 aliphatic carbocycles. The van der Waals surface area contributed by atoms with E-state index >= 15 is 0 Å². The third-order valence-corrected chi connectivity index (χ3v) is 3.85. The van der Waals surface area contributed by atoms with Crippen LogP contribution in [-0.4, -0.2) is 18.5 Å². The van der Waals surface area contributed by atoms with Gasteiger partial charge in [-0.1, -0.05) is 35.3 Å². The molecule has 0 saturated heterocycles. The van der Waals surface area contributed by atoms with Crippen molar-refractivity contribution in [1.82, 2.24) is 0 Å². The number of hydrogen-bond acceptors (Lipinski definition) is 4. The first-order valence-corrected chi connectivity index (χ1v) is 7.90. The third kappa shape index (κ3) is 5.15. The van der Waals surface area contributed by atoms with Crippen molar-refractivity contribution in [1.29, 1.82) is 0 Å². The van der Waals surface area contributed by atoms with Gasteiger partial charge in [0.05, 0.1) is 11.6 Å². The minimum atomic E-state index is -0.584. The van der Waals surface area contributed by atoms with Gasteiger partial charge in [0.1, 0.15) is 16.5 Å². The summed E-state index contributed by atoms with van der Waals surface area (Å²) < 4.78 is 10.6. The van der Waals surface area contributed by atoms with E-state index in [4.69, 9.17) is 38.4 Å². The maximum atomic E-state index is 11.8. The van der Waals surface area contributed by atoms with Gasteiger partial charge in [-0.05, 0) is 36.8 Å². The van der Waals surface area contributed by atoms with Gasteiger partial charge >= 0.3 is 5.97 Å². The largest absolute Gasteiger partial charge is 0.492 e. The maximum Gasteiger partial charge on any atom is 0.311 e. The Bertz CT molecular complexity index is 749. The molecule has 0 unspecified atom stereocenters. The summed E-state index contributed by atoms with van der Waals surface area (Å²) in [4.78, 5) is 22.9. The number of rotatable bonds is 7. The van der Waals surface area contributed by atoms with Crippen molar-refractivity contribution in [3.63, 3.8) is 0 Å². The molecular formula is C17H15Cl2NO4. The Kier molecular flexibility index (Phi) is 6.46. The van der Waals surface area contributed by atoms with E-state index in [-0.39, 0.29) is 24.3 Å². The van der Waals surface area contributed by atoms with Crippen LogP contribution in [0.2, 0.25) is 10.0 Å². The topological polar surface area (TPSA) is 78.6 Å². The smallest absolute Gasteiger partial charge is 0.311 e. The number of halogens is 2. The van der Waals surface area contributed by atoms with E-state index in [9.17, 15) is 9.59 Å². The summed E-state index contributed by atoms with van der Waals surface area (Å²) >= 11 is 11.9. The number of carbonyl (C=O) groups is 2. The van der Waals surface area contributed by atoms with Gasteiger partial charge in [-0.3, -0.25) is 9.59 Å². The molecular weight excluding hydrogens is 353 g/mol. The van der Waals surface area contributed by atoms with E-state index in [2.05, 4.69) is 0 Å². The summed E-state index contributed by atoms with van der Waals surface area (Å²) in [6, 6.07) is 11.2. The molecule has 24 heavy (non-hydrogen) atoms. The van der Waals surface area contributed by atoms with Gasteiger partial charge in [-0.2, -0.15) is 0 Å². The van der Waals surface area contributed by atoms with Gasteiger partial charge < -0.3 is 15.2 Å². The molecule has 1 amide bonds. The minimum absolute atomic E-state index is 0.152. The molecule has 0 radical (unpaired) electrons. The van der Waals surface area contributed by atoms with Crippen LogP contribution in [0.3, 0.4) is 0 Å². The van der Waals surface area contributed by atoms with E-state index in [1.807, 2.05) is 0 Å². The predicted molar refractivity (Wildman–Crippen MR) is 91.8 cm³/mol. The Morgan fingerprint density at radius 1 is 1.08 bits per heavy atom. The van der Waals surface area contributed by atoms with Crippen LogP contribution >= 0.6 is 23.2 Å². The van der Waals surface area contributed by atoms with Crippen LogP contribution in [-0.2, 0) is 4.79 Å². The first-order chi connectivity index (χ1) is 11.5. The molecule has 0 aromatic heterocycles. The Morgan fingerprint density at radius 3 is 2.58 bits per heavy atom. The van der Waals surface area contributed by atoms with Crippen molar-refractivity contribution in [2.45, 2.75) is 12.8 Å². The second kappa shape index (κ2) is 8.57. The zero-order valence-corrected chi connectivity index (χ0v) is 14.1. The number of benzene rings is 2. The summed E-state index contributed by atoms with van der Waals surface area (Å²) in [5.74, 6) is -0.279. The van der Waals surface area contributed by atoms with Crippen LogP contribution in [0.1, 0.15) is 23.2 Å². The SMILES string of the molecule is NC(=O)c1cccc(OC(=O)CCCOc2cccc(Cl)c2Cl)c1. The van der Waals surface area contributed by atoms with Gasteiger partial charge in [-0.25, -0.2) is 0 Å². The highest BCUT2D eigenvalue weighted by Crippen LogP contribution is 2.31. The molecule has 2 aromatic rings. The molecule has 0 bridgehead atoms. The quantitative estimate of drug-likeness (QED) is 0.457. The minimum Gasteiger partial charge on any atom is -0.492 e. The van der Waals surface area contributed by atoms with Gasteiger partial charge in [0.2, 0.25) is 5.91 Å². The predicted octanol–water partition coefficient (Wildman–Crippen LogP) is 3.86. The fraction of sp³-hybridized carbons (Fsp3) is 0.176. The maximum absolute atomic E-state index is 11.8. The van der Waals surface area contributed by atoms with Crippen molar-refractivity contribution >= 4 is 35.1 Å². The summed E-state index contributed by atoms with van der Waals surface area (Å²) in [6.07, 6.45) is 0.593. The van der Waals surface area contributed by atoms with Crippen LogP contribution in [0.4, 0.5) is 0 Å². The lowest BCUT2D eigenvalue weighted by Crippen LogP contribution is -2.13. The van der Waals surface area contributed by atoms with E-state index in [0.29, 0.717) is 22.2 Å². The summed E-state index contributed by atoms with van der Waals surface area (Å²) in [7, 11) is 0. The highest BCUT2D eigenvalue weighted by molar-refractivity contribution is 6.42. The molecule has 126 valence electrons. The van der Waals surface area contributed by atoms with E-state index in [1.165, 1.54) is 6.07 Å². The average molecular weight is 368 g/mol. The highest BCUT2D eigenvalue weighted by Gasteiger charge is 2.09. The number of primary amides is 1. The van der Waals surface area contributed by atoms with E-state index in [1.54, 1.807) is 36.4 Å². The molecule has 0 saturated carbocycles. The lowest BCUT2D eigenvalue weighted by atomic mass is 10.2. The molecule has 0 aliphatic heterocycles. The Hall–Kier alpha value is -2.24. The number of amides is 1. The highest BCUT2D eigenvalue weighted by atomic mass is 35.5. The van der Waals surface area contributed by atoms with Gasteiger partial charge in [0.15, 0.2) is 0 Å². The number of esters is 1. The molecule has 0 atom stereocenters. The third-order valence-electron chi connectivity index (χ3n) is 3.05. The molecule has 0 fully saturated rings. The Labute approximate surface area is 149 Å². The molecule has 5 nitrogen and oxygen atoms in total. The van der Waals surface area contributed by atoms with E-state index in [0.717, 1.165) is 0 Å². The van der Waals surface area contributed by atoms with Crippen molar-refractivity contribution in [2.75, 3.05) is 6.61 Å². The van der Waals surface area contributed by atoms with Crippen LogP contribution in [0.15, 0.2) is 42.5 Å². The number of hydrogen-bond donors (Lipinski definition) is 1. The first kappa shape index (κ1) is 18.1. The second-order valence-electron chi connectivity index (χ2n) is 4.87. The van der Waals surface area contributed by atoms with Crippen molar-refractivity contribution in [2.24, 2.45) is 5.73 Å². The number of ether oxygens (including phenoxy) is 2. The number of carbonyl (C=O) groups excluding carboxylic acids is 2. The molecule has 2 N–H and O–H groups in total. The van der Waals surface area contributed by atoms with Crippen LogP contribution in [0.5, 0.6) is 11.5 Å². The second-order valence-corrected chi connectivity index (χ2v) is 5.66. The summed E-state index contributed by atoms with van der Waals surface area (Å²) in [5, 5.41) is 0.743. The zero-order chi connectivity index (χ0) is 17.5. The normalized spacial score (nSPS) is 10.2. The summed E-state index contributed by atoms with van der Waals surface area (Å²) in [6.45, 7) is 0.288. The lowest BCUT2D eigenvalue weighted by molar-refractivity contribution is -0.134. The van der Waals surface area contributed by atoms with Crippen LogP contribution in [0.25, 0.3) is 0 Å². The summed E-state index contributed by atoms with van der Waals surface area (Å²) in [5.41, 5.74) is 5.45. The Morgan fingerprint density at radius 2 is 1.83 bits per heavy atom.